The molecule has 1 aromatic heterocycles. The molecule has 0 amide bonds. The number of rotatable bonds is 3. The maximum atomic E-state index is 5.69. The Morgan fingerprint density at radius 1 is 1.42 bits per heavy atom. The Bertz CT molecular complexity index is 243. The van der Waals surface area contributed by atoms with E-state index < -0.39 is 0 Å². The summed E-state index contributed by atoms with van der Waals surface area (Å²) in [4.78, 5) is 4.15. The van der Waals surface area contributed by atoms with Gasteiger partial charge in [-0.05, 0) is 30.9 Å². The smallest absolute Gasteiger partial charge is 0.0300 e. The molecule has 1 heterocycles. The van der Waals surface area contributed by atoms with Crippen LogP contribution in [0.1, 0.15) is 25.0 Å². The maximum Gasteiger partial charge on any atom is 0.0300 e. The highest BCUT2D eigenvalue weighted by Gasteiger charge is 1.98. The first-order valence-electron chi connectivity index (χ1n) is 4.40. The number of hydrogen-bond donors (Lipinski definition) is 1. The monoisotopic (exact) mass is 164 g/mol. The topological polar surface area (TPSA) is 38.9 Å². The van der Waals surface area contributed by atoms with Gasteiger partial charge in [0.05, 0.1) is 0 Å². The summed E-state index contributed by atoms with van der Waals surface area (Å²) in [5, 5.41) is 0. The Balaban J connectivity index is 2.72. The molecule has 2 N–H and O–H groups in total. The molecule has 2 heteroatoms. The third kappa shape index (κ3) is 2.62. The lowest BCUT2D eigenvalue weighted by Crippen LogP contribution is -2.17. The fourth-order valence-corrected chi connectivity index (χ4v) is 1.22. The second-order valence-corrected chi connectivity index (χ2v) is 3.24. The third-order valence-corrected chi connectivity index (χ3v) is 1.82. The molecular formula is C10H16N2. The quantitative estimate of drug-likeness (QED) is 0.736. The van der Waals surface area contributed by atoms with Crippen LogP contribution >= 0.6 is 0 Å². The second-order valence-electron chi connectivity index (χ2n) is 3.24. The van der Waals surface area contributed by atoms with Crippen LogP contribution < -0.4 is 5.73 Å². The van der Waals surface area contributed by atoms with Gasteiger partial charge in [-0.15, -0.1) is 0 Å². The zero-order chi connectivity index (χ0) is 8.97. The van der Waals surface area contributed by atoms with Crippen molar-refractivity contribution in [2.75, 3.05) is 0 Å². The van der Waals surface area contributed by atoms with E-state index in [2.05, 4.69) is 18.0 Å². The summed E-state index contributed by atoms with van der Waals surface area (Å²) < 4.78 is 0. The van der Waals surface area contributed by atoms with Crippen LogP contribution in [0.5, 0.6) is 0 Å². The summed E-state index contributed by atoms with van der Waals surface area (Å²) in [5.41, 5.74) is 8.21. The van der Waals surface area contributed by atoms with Crippen molar-refractivity contribution in [1.29, 1.82) is 0 Å². The number of pyridine rings is 1. The van der Waals surface area contributed by atoms with Crippen LogP contribution in [0.2, 0.25) is 0 Å². The number of hydrogen-bond acceptors (Lipinski definition) is 2. The minimum atomic E-state index is 0.221. The van der Waals surface area contributed by atoms with Gasteiger partial charge in [-0.2, -0.15) is 0 Å². The zero-order valence-electron chi connectivity index (χ0n) is 7.75. The predicted octanol–water partition coefficient (Wildman–Crippen LogP) is 1.53. The van der Waals surface area contributed by atoms with Gasteiger partial charge in [0.1, 0.15) is 0 Å². The average molecular weight is 164 g/mol. The molecule has 0 saturated heterocycles. The first-order chi connectivity index (χ1) is 5.72. The van der Waals surface area contributed by atoms with Crippen molar-refractivity contribution in [3.05, 3.63) is 29.6 Å². The summed E-state index contributed by atoms with van der Waals surface area (Å²) in [6, 6.07) is 2.40. The van der Waals surface area contributed by atoms with E-state index in [0.717, 1.165) is 12.8 Å². The molecule has 66 valence electrons. The molecule has 0 aliphatic carbocycles. The van der Waals surface area contributed by atoms with Gasteiger partial charge in [0.2, 0.25) is 0 Å². The lowest BCUT2D eigenvalue weighted by Gasteiger charge is -2.05. The average Bonchev–Trinajstić information content (AvgIpc) is 2.03. The normalized spacial score (nSPS) is 12.9. The Kier molecular flexibility index (Phi) is 3.23. The number of nitrogens with two attached hydrogens (primary N) is 1. The molecule has 1 atom stereocenters. The molecule has 2 nitrogen and oxygen atoms in total. The molecule has 0 aromatic carbocycles. The minimum absolute atomic E-state index is 0.221. The van der Waals surface area contributed by atoms with Gasteiger partial charge in [0, 0.05) is 18.4 Å². The highest BCUT2D eigenvalue weighted by molar-refractivity contribution is 5.18. The van der Waals surface area contributed by atoms with E-state index in [9.17, 15) is 0 Å². The molecule has 0 aliphatic rings. The van der Waals surface area contributed by atoms with Crippen LogP contribution in [0.25, 0.3) is 0 Å². The van der Waals surface area contributed by atoms with Crippen LogP contribution in [0.15, 0.2) is 18.5 Å². The molecule has 0 aliphatic heterocycles. The van der Waals surface area contributed by atoms with Crippen molar-refractivity contribution in [3.63, 3.8) is 0 Å². The number of aromatic nitrogens is 1. The molecule has 0 saturated carbocycles. The summed E-state index contributed by atoms with van der Waals surface area (Å²) >= 11 is 0. The van der Waals surface area contributed by atoms with Crippen molar-refractivity contribution >= 4 is 0 Å². The van der Waals surface area contributed by atoms with E-state index >= 15 is 0 Å². The van der Waals surface area contributed by atoms with E-state index in [1.54, 1.807) is 0 Å². The summed E-state index contributed by atoms with van der Waals surface area (Å²) in [7, 11) is 0. The van der Waals surface area contributed by atoms with Crippen LogP contribution in [0.3, 0.4) is 0 Å². The molecule has 0 fully saturated rings. The van der Waals surface area contributed by atoms with Crippen molar-refractivity contribution in [3.8, 4) is 0 Å². The van der Waals surface area contributed by atoms with E-state index in [-0.39, 0.29) is 6.04 Å². The lowest BCUT2D eigenvalue weighted by atomic mass is 10.1. The molecular weight excluding hydrogens is 148 g/mol. The van der Waals surface area contributed by atoms with Gasteiger partial charge >= 0.3 is 0 Å². The van der Waals surface area contributed by atoms with Crippen molar-refractivity contribution in [2.24, 2.45) is 5.73 Å². The standard InChI is InChI=1S/C10H16N2/c1-3-9-5-10(4-8(2)11)7-12-6-9/h5-8H,3-4,11H2,1-2H3. The first kappa shape index (κ1) is 9.20. The van der Waals surface area contributed by atoms with Crippen molar-refractivity contribution < 1.29 is 0 Å². The van der Waals surface area contributed by atoms with E-state index in [4.69, 9.17) is 5.73 Å². The molecule has 12 heavy (non-hydrogen) atoms. The van der Waals surface area contributed by atoms with Gasteiger partial charge < -0.3 is 5.73 Å². The Hall–Kier alpha value is -0.890. The van der Waals surface area contributed by atoms with Gasteiger partial charge in [-0.1, -0.05) is 13.0 Å². The highest BCUT2D eigenvalue weighted by atomic mass is 14.6. The molecule has 0 spiro atoms. The van der Waals surface area contributed by atoms with Crippen LogP contribution in [-0.2, 0) is 12.8 Å². The number of nitrogens with zero attached hydrogens (tertiary/aromatic N) is 1. The van der Waals surface area contributed by atoms with E-state index in [1.165, 1.54) is 11.1 Å². The Morgan fingerprint density at radius 2 is 2.08 bits per heavy atom. The SMILES string of the molecule is CCc1cncc(CC(C)N)c1. The highest BCUT2D eigenvalue weighted by Crippen LogP contribution is 2.05. The Morgan fingerprint density at radius 3 is 2.67 bits per heavy atom. The predicted molar refractivity (Wildman–Crippen MR) is 51.0 cm³/mol. The van der Waals surface area contributed by atoms with Crippen LogP contribution in [0.4, 0.5) is 0 Å². The minimum Gasteiger partial charge on any atom is -0.328 e. The summed E-state index contributed by atoms with van der Waals surface area (Å²) in [6.07, 6.45) is 5.76. The first-order valence-corrected chi connectivity index (χ1v) is 4.40. The van der Waals surface area contributed by atoms with E-state index in [1.807, 2.05) is 19.3 Å². The van der Waals surface area contributed by atoms with Crippen LogP contribution in [-0.4, -0.2) is 11.0 Å². The second kappa shape index (κ2) is 4.21. The van der Waals surface area contributed by atoms with E-state index in [0.29, 0.717) is 0 Å². The molecule has 1 aromatic rings. The van der Waals surface area contributed by atoms with Gasteiger partial charge in [0.15, 0.2) is 0 Å². The summed E-state index contributed by atoms with van der Waals surface area (Å²) in [5.74, 6) is 0. The third-order valence-electron chi connectivity index (χ3n) is 1.82. The summed E-state index contributed by atoms with van der Waals surface area (Å²) in [6.45, 7) is 4.14. The molecule has 0 bridgehead atoms. The van der Waals surface area contributed by atoms with Gasteiger partial charge in [-0.3, -0.25) is 4.98 Å². The zero-order valence-corrected chi connectivity index (χ0v) is 7.75. The molecule has 1 unspecified atom stereocenters. The van der Waals surface area contributed by atoms with Crippen LogP contribution in [0, 0.1) is 0 Å². The van der Waals surface area contributed by atoms with Crippen molar-refractivity contribution in [2.45, 2.75) is 32.7 Å². The molecule has 0 radical (unpaired) electrons. The van der Waals surface area contributed by atoms with Gasteiger partial charge in [0.25, 0.3) is 0 Å². The maximum absolute atomic E-state index is 5.69. The Labute approximate surface area is 73.8 Å². The lowest BCUT2D eigenvalue weighted by molar-refractivity contribution is 0.734. The van der Waals surface area contributed by atoms with Gasteiger partial charge in [-0.25, -0.2) is 0 Å². The largest absolute Gasteiger partial charge is 0.328 e. The fourth-order valence-electron chi connectivity index (χ4n) is 1.22. The molecule has 1 rings (SSSR count). The number of aryl methyl sites for hydroxylation is 1. The van der Waals surface area contributed by atoms with Crippen molar-refractivity contribution in [1.82, 2.24) is 4.98 Å². The fraction of sp³-hybridized carbons (Fsp3) is 0.500.